The lowest BCUT2D eigenvalue weighted by Gasteiger charge is -2.22. The number of carbonyl (C=O) groups excluding carboxylic acids is 1. The second kappa shape index (κ2) is 11.3. The number of anilines is 2. The van der Waals surface area contributed by atoms with Crippen molar-refractivity contribution in [1.82, 2.24) is 4.72 Å². The molecule has 4 rings (SSSR count). The summed E-state index contributed by atoms with van der Waals surface area (Å²) in [5, 5.41) is 2.94. The number of ether oxygens (including phenoxy) is 2. The van der Waals surface area contributed by atoms with Crippen LogP contribution in [-0.4, -0.2) is 48.2 Å². The van der Waals surface area contributed by atoms with E-state index in [1.807, 2.05) is 30.3 Å². The van der Waals surface area contributed by atoms with Gasteiger partial charge in [0.05, 0.1) is 19.9 Å². The molecule has 1 saturated carbocycles. The Labute approximate surface area is 208 Å². The smallest absolute Gasteiger partial charge is 0.242 e. The zero-order valence-corrected chi connectivity index (χ0v) is 21.3. The van der Waals surface area contributed by atoms with Crippen LogP contribution in [-0.2, 0) is 21.2 Å². The number of carbonyl (C=O) groups is 1. The number of nitrogens with zero attached hydrogens (tertiary/aromatic N) is 1. The van der Waals surface area contributed by atoms with E-state index >= 15 is 0 Å². The van der Waals surface area contributed by atoms with Gasteiger partial charge in [-0.2, -0.15) is 0 Å². The maximum atomic E-state index is 13.4. The van der Waals surface area contributed by atoms with Crippen molar-refractivity contribution < 1.29 is 22.7 Å². The number of methoxy groups -OCH3 is 2. The summed E-state index contributed by atoms with van der Waals surface area (Å²) in [6, 6.07) is 10.8. The lowest BCUT2D eigenvalue weighted by Crippen LogP contribution is -2.29. The highest BCUT2D eigenvalue weighted by molar-refractivity contribution is 7.89. The molecule has 0 unspecified atom stereocenters. The molecule has 1 heterocycles. The van der Waals surface area contributed by atoms with Gasteiger partial charge in [0.15, 0.2) is 11.5 Å². The van der Waals surface area contributed by atoms with E-state index in [2.05, 4.69) is 14.9 Å². The molecule has 1 saturated heterocycles. The average Bonchev–Trinajstić information content (AvgIpc) is 3.58. The minimum atomic E-state index is -3.80. The van der Waals surface area contributed by atoms with E-state index in [1.165, 1.54) is 0 Å². The fraction of sp³-hybridized carbons (Fsp3) is 0.500. The molecule has 9 heteroatoms. The van der Waals surface area contributed by atoms with E-state index < -0.39 is 10.0 Å². The summed E-state index contributed by atoms with van der Waals surface area (Å²) in [5.41, 5.74) is 2.13. The highest BCUT2D eigenvalue weighted by Crippen LogP contribution is 2.32. The van der Waals surface area contributed by atoms with Crippen molar-refractivity contribution in [3.8, 4) is 11.5 Å². The first-order valence-electron chi connectivity index (χ1n) is 12.3. The van der Waals surface area contributed by atoms with Crippen molar-refractivity contribution in [3.05, 3.63) is 42.0 Å². The molecule has 0 radical (unpaired) electrons. The molecule has 2 N–H and O–H groups in total. The van der Waals surface area contributed by atoms with Crippen LogP contribution in [0.15, 0.2) is 41.3 Å². The number of hydrogen-bond acceptors (Lipinski definition) is 6. The van der Waals surface area contributed by atoms with Gasteiger partial charge in [-0.05, 0) is 68.0 Å². The van der Waals surface area contributed by atoms with Crippen molar-refractivity contribution in [3.63, 3.8) is 0 Å². The van der Waals surface area contributed by atoms with Crippen LogP contribution in [0.5, 0.6) is 11.5 Å². The zero-order valence-electron chi connectivity index (χ0n) is 20.5. The Morgan fingerprint density at radius 3 is 2.37 bits per heavy atom. The van der Waals surface area contributed by atoms with E-state index in [4.69, 9.17) is 9.47 Å². The number of sulfonamides is 1. The quantitative estimate of drug-likeness (QED) is 0.512. The second-order valence-corrected chi connectivity index (χ2v) is 10.9. The molecule has 0 bridgehead atoms. The Bertz CT molecular complexity index is 1140. The van der Waals surface area contributed by atoms with Gasteiger partial charge in [-0.1, -0.05) is 18.9 Å². The number of benzene rings is 2. The van der Waals surface area contributed by atoms with Gasteiger partial charge in [0.2, 0.25) is 15.9 Å². The summed E-state index contributed by atoms with van der Waals surface area (Å²) in [4.78, 5) is 14.9. The van der Waals surface area contributed by atoms with Crippen LogP contribution in [0.1, 0.15) is 44.1 Å². The molecule has 1 amide bonds. The largest absolute Gasteiger partial charge is 0.493 e. The predicted molar refractivity (Wildman–Crippen MR) is 137 cm³/mol. The first-order valence-corrected chi connectivity index (χ1v) is 13.8. The van der Waals surface area contributed by atoms with Crippen LogP contribution in [0.3, 0.4) is 0 Å². The molecule has 2 aromatic carbocycles. The van der Waals surface area contributed by atoms with E-state index in [0.717, 1.165) is 57.2 Å². The Morgan fingerprint density at radius 1 is 0.971 bits per heavy atom. The molecule has 2 aliphatic rings. The van der Waals surface area contributed by atoms with Gasteiger partial charge in [0.25, 0.3) is 0 Å². The number of amides is 1. The number of hydrogen-bond donors (Lipinski definition) is 2. The summed E-state index contributed by atoms with van der Waals surface area (Å²) >= 11 is 0. The van der Waals surface area contributed by atoms with Gasteiger partial charge < -0.3 is 19.7 Å². The number of nitrogens with one attached hydrogen (secondary N) is 2. The fourth-order valence-electron chi connectivity index (χ4n) is 4.90. The van der Waals surface area contributed by atoms with Crippen molar-refractivity contribution >= 4 is 27.3 Å². The normalized spacial score (nSPS) is 16.5. The zero-order chi connectivity index (χ0) is 24.8. The van der Waals surface area contributed by atoms with Gasteiger partial charge in [0.1, 0.15) is 4.90 Å². The van der Waals surface area contributed by atoms with Gasteiger partial charge >= 0.3 is 0 Å². The maximum absolute atomic E-state index is 13.4. The monoisotopic (exact) mass is 501 g/mol. The molecular formula is C26H35N3O5S. The first kappa shape index (κ1) is 25.3. The van der Waals surface area contributed by atoms with E-state index in [1.54, 1.807) is 20.3 Å². The van der Waals surface area contributed by atoms with Gasteiger partial charge in [0, 0.05) is 31.2 Å². The highest BCUT2D eigenvalue weighted by atomic mass is 32.2. The third-order valence-corrected chi connectivity index (χ3v) is 8.33. The topological polar surface area (TPSA) is 97.0 Å². The van der Waals surface area contributed by atoms with Crippen molar-refractivity contribution in [1.29, 1.82) is 0 Å². The van der Waals surface area contributed by atoms with E-state index in [9.17, 15) is 13.2 Å². The SMILES string of the molecule is COc1ccc(CCNS(=O)(=O)c2cc(NC(=O)C3CCCC3)ccc2N2CCCC2)cc1OC. The molecule has 2 aromatic rings. The predicted octanol–water partition coefficient (Wildman–Crippen LogP) is 3.95. The molecular weight excluding hydrogens is 466 g/mol. The lowest BCUT2D eigenvalue weighted by molar-refractivity contribution is -0.119. The third-order valence-electron chi connectivity index (χ3n) is 6.84. The molecule has 0 aromatic heterocycles. The van der Waals surface area contributed by atoms with Crippen LogP contribution in [0.4, 0.5) is 11.4 Å². The van der Waals surface area contributed by atoms with Crippen LogP contribution in [0.25, 0.3) is 0 Å². The van der Waals surface area contributed by atoms with Gasteiger partial charge in [-0.3, -0.25) is 4.79 Å². The third kappa shape index (κ3) is 6.08. The molecule has 0 spiro atoms. The van der Waals surface area contributed by atoms with Crippen molar-refractivity contribution in [2.75, 3.05) is 44.1 Å². The minimum Gasteiger partial charge on any atom is -0.493 e. The van der Waals surface area contributed by atoms with E-state index in [-0.39, 0.29) is 23.3 Å². The summed E-state index contributed by atoms with van der Waals surface area (Å²) in [6.45, 7) is 1.87. The lowest BCUT2D eigenvalue weighted by atomic mass is 10.1. The summed E-state index contributed by atoms with van der Waals surface area (Å²) in [7, 11) is -0.654. The van der Waals surface area contributed by atoms with Crippen LogP contribution >= 0.6 is 0 Å². The summed E-state index contributed by atoms with van der Waals surface area (Å²) in [5.74, 6) is 1.22. The van der Waals surface area contributed by atoms with E-state index in [0.29, 0.717) is 29.3 Å². The first-order chi connectivity index (χ1) is 16.9. The van der Waals surface area contributed by atoms with Gasteiger partial charge in [-0.15, -0.1) is 0 Å². The fourth-order valence-corrected chi connectivity index (χ4v) is 6.18. The van der Waals surface area contributed by atoms with Crippen molar-refractivity contribution in [2.24, 2.45) is 5.92 Å². The molecule has 0 atom stereocenters. The van der Waals surface area contributed by atoms with Gasteiger partial charge in [-0.25, -0.2) is 13.1 Å². The number of rotatable bonds is 10. The summed E-state index contributed by atoms with van der Waals surface area (Å²) in [6.07, 6.45) is 6.47. The molecule has 1 aliphatic carbocycles. The molecule has 1 aliphatic heterocycles. The standard InChI is InChI=1S/C26H35N3O5S/c1-33-23-12-9-19(17-24(23)34-2)13-14-27-35(31,32)25-18-21(28-26(30)20-7-3-4-8-20)10-11-22(25)29-15-5-6-16-29/h9-12,17-18,20,27H,3-8,13-16H2,1-2H3,(H,28,30). The summed E-state index contributed by atoms with van der Waals surface area (Å²) < 4.78 is 40.2. The Kier molecular flexibility index (Phi) is 8.18. The minimum absolute atomic E-state index is 0.00734. The molecule has 2 fully saturated rings. The molecule has 190 valence electrons. The Balaban J connectivity index is 1.51. The highest BCUT2D eigenvalue weighted by Gasteiger charge is 2.26. The molecule has 8 nitrogen and oxygen atoms in total. The average molecular weight is 502 g/mol. The Morgan fingerprint density at radius 2 is 1.69 bits per heavy atom. The van der Waals surface area contributed by atoms with Crippen LogP contribution < -0.4 is 24.4 Å². The van der Waals surface area contributed by atoms with Crippen LogP contribution in [0, 0.1) is 5.92 Å². The Hall–Kier alpha value is -2.78. The second-order valence-electron chi connectivity index (χ2n) is 9.18. The molecule has 35 heavy (non-hydrogen) atoms. The van der Waals surface area contributed by atoms with Crippen molar-refractivity contribution in [2.45, 2.75) is 49.8 Å². The van der Waals surface area contributed by atoms with Crippen LogP contribution in [0.2, 0.25) is 0 Å². The maximum Gasteiger partial charge on any atom is 0.242 e.